The number of hydrogen-bond acceptors (Lipinski definition) is 3. The highest BCUT2D eigenvalue weighted by Gasteiger charge is 2.36. The number of nitrogens with zero attached hydrogens (tertiary/aromatic N) is 1. The topological polar surface area (TPSA) is 53.7 Å². The second-order valence-electron chi connectivity index (χ2n) is 6.36. The molecule has 4 nitrogen and oxygen atoms in total. The monoisotopic (exact) mass is 325 g/mol. The molecular formula is C20H23NO3. The third-order valence-electron chi connectivity index (χ3n) is 4.41. The maximum absolute atomic E-state index is 12.4. The van der Waals surface area contributed by atoms with Crippen LogP contribution < -0.4 is 0 Å². The zero-order valence-corrected chi connectivity index (χ0v) is 13.9. The molecular weight excluding hydrogens is 302 g/mol. The van der Waals surface area contributed by atoms with Gasteiger partial charge >= 0.3 is 0 Å². The molecule has 2 aromatic rings. The fraction of sp³-hybridized carbons (Fsp3) is 0.350. The molecule has 1 aliphatic carbocycles. The largest absolute Gasteiger partial charge is 0.461 e. The molecule has 0 bridgehead atoms. The minimum Gasteiger partial charge on any atom is -0.461 e. The van der Waals surface area contributed by atoms with Crippen LogP contribution in [0.15, 0.2) is 53.0 Å². The summed E-state index contributed by atoms with van der Waals surface area (Å²) in [6.07, 6.45) is 4.39. The van der Waals surface area contributed by atoms with Crippen molar-refractivity contribution in [2.75, 3.05) is 13.2 Å². The first-order valence-corrected chi connectivity index (χ1v) is 8.39. The Balaban J connectivity index is 1.63. The second kappa shape index (κ2) is 7.49. The summed E-state index contributed by atoms with van der Waals surface area (Å²) in [6.45, 7) is 2.94. The lowest BCUT2D eigenvalue weighted by atomic mass is 10.2. The quantitative estimate of drug-likeness (QED) is 0.794. The standard InChI is InChI=1S/C20H23NO3/c1-15-13-18(15)19-9-7-17(24-19)8-10-20(23)21(11-12-22)14-16-5-3-2-4-6-16/h2-10,15,18,22H,11-14H2,1H3/b10-8+. The van der Waals surface area contributed by atoms with Crippen LogP contribution in [-0.4, -0.2) is 29.1 Å². The molecule has 24 heavy (non-hydrogen) atoms. The van der Waals surface area contributed by atoms with Crippen molar-refractivity contribution < 1.29 is 14.3 Å². The van der Waals surface area contributed by atoms with E-state index in [1.807, 2.05) is 42.5 Å². The summed E-state index contributed by atoms with van der Waals surface area (Å²) in [5, 5.41) is 9.21. The molecule has 0 aliphatic heterocycles. The van der Waals surface area contributed by atoms with Crippen molar-refractivity contribution in [2.24, 2.45) is 5.92 Å². The van der Waals surface area contributed by atoms with Gasteiger partial charge in [0.2, 0.25) is 5.91 Å². The van der Waals surface area contributed by atoms with E-state index in [0.29, 0.717) is 30.7 Å². The Morgan fingerprint density at radius 3 is 2.71 bits per heavy atom. The summed E-state index contributed by atoms with van der Waals surface area (Å²) in [5.41, 5.74) is 1.04. The van der Waals surface area contributed by atoms with Crippen molar-refractivity contribution in [2.45, 2.75) is 25.8 Å². The molecule has 1 amide bonds. The van der Waals surface area contributed by atoms with Gasteiger partial charge in [-0.3, -0.25) is 4.79 Å². The zero-order chi connectivity index (χ0) is 16.9. The Labute approximate surface area is 142 Å². The van der Waals surface area contributed by atoms with E-state index in [-0.39, 0.29) is 12.5 Å². The molecule has 1 aromatic heterocycles. The van der Waals surface area contributed by atoms with Crippen molar-refractivity contribution in [1.29, 1.82) is 0 Å². The summed E-state index contributed by atoms with van der Waals surface area (Å²) in [4.78, 5) is 14.0. The molecule has 1 aromatic carbocycles. The molecule has 1 aliphatic rings. The Morgan fingerprint density at radius 1 is 1.29 bits per heavy atom. The maximum atomic E-state index is 12.4. The van der Waals surface area contributed by atoms with Gasteiger partial charge in [-0.15, -0.1) is 0 Å². The molecule has 1 saturated carbocycles. The van der Waals surface area contributed by atoms with Gasteiger partial charge in [0.1, 0.15) is 11.5 Å². The highest BCUT2D eigenvalue weighted by molar-refractivity contribution is 5.91. The number of benzene rings is 1. The van der Waals surface area contributed by atoms with Crippen LogP contribution >= 0.6 is 0 Å². The first-order chi connectivity index (χ1) is 11.7. The summed E-state index contributed by atoms with van der Waals surface area (Å²) < 4.78 is 5.78. The molecule has 0 spiro atoms. The Morgan fingerprint density at radius 2 is 2.04 bits per heavy atom. The maximum Gasteiger partial charge on any atom is 0.247 e. The summed E-state index contributed by atoms with van der Waals surface area (Å²) in [5.74, 6) is 2.80. The van der Waals surface area contributed by atoms with Crippen LogP contribution in [0.1, 0.15) is 36.3 Å². The number of hydrogen-bond donors (Lipinski definition) is 1. The van der Waals surface area contributed by atoms with Gasteiger partial charge in [-0.1, -0.05) is 37.3 Å². The lowest BCUT2D eigenvalue weighted by Crippen LogP contribution is -2.31. The van der Waals surface area contributed by atoms with Gasteiger partial charge in [-0.05, 0) is 36.1 Å². The fourth-order valence-corrected chi connectivity index (χ4v) is 2.83. The molecule has 4 heteroatoms. The van der Waals surface area contributed by atoms with E-state index < -0.39 is 0 Å². The van der Waals surface area contributed by atoms with E-state index in [4.69, 9.17) is 4.42 Å². The van der Waals surface area contributed by atoms with Gasteiger partial charge in [0.15, 0.2) is 0 Å². The summed E-state index contributed by atoms with van der Waals surface area (Å²) in [6, 6.07) is 13.7. The SMILES string of the molecule is CC1CC1c1ccc(/C=C/C(=O)N(CCO)Cc2ccccc2)o1. The molecule has 1 fully saturated rings. The zero-order valence-electron chi connectivity index (χ0n) is 13.9. The number of furan rings is 1. The predicted octanol–water partition coefficient (Wildman–Crippen LogP) is 3.44. The predicted molar refractivity (Wildman–Crippen MR) is 93.2 cm³/mol. The summed E-state index contributed by atoms with van der Waals surface area (Å²) >= 11 is 0. The van der Waals surface area contributed by atoms with Gasteiger partial charge in [0.25, 0.3) is 0 Å². The van der Waals surface area contributed by atoms with Crippen molar-refractivity contribution in [3.8, 4) is 0 Å². The molecule has 0 saturated heterocycles. The van der Waals surface area contributed by atoms with Crippen molar-refractivity contribution >= 4 is 12.0 Å². The van der Waals surface area contributed by atoms with E-state index in [2.05, 4.69) is 6.92 Å². The van der Waals surface area contributed by atoms with Crippen molar-refractivity contribution in [1.82, 2.24) is 4.90 Å². The molecule has 0 radical (unpaired) electrons. The van der Waals surface area contributed by atoms with E-state index in [9.17, 15) is 9.90 Å². The Hall–Kier alpha value is -2.33. The van der Waals surface area contributed by atoms with Crippen molar-refractivity contribution in [3.63, 3.8) is 0 Å². The highest BCUT2D eigenvalue weighted by Crippen LogP contribution is 2.47. The summed E-state index contributed by atoms with van der Waals surface area (Å²) in [7, 11) is 0. The molecule has 126 valence electrons. The lowest BCUT2D eigenvalue weighted by molar-refractivity contribution is -0.127. The molecule has 2 unspecified atom stereocenters. The average molecular weight is 325 g/mol. The third kappa shape index (κ3) is 4.15. The normalized spacial score (nSPS) is 19.6. The van der Waals surface area contributed by atoms with Crippen LogP contribution in [0.5, 0.6) is 0 Å². The number of aliphatic hydroxyl groups is 1. The minimum absolute atomic E-state index is 0.0586. The van der Waals surface area contributed by atoms with Gasteiger partial charge in [-0.25, -0.2) is 0 Å². The fourth-order valence-electron chi connectivity index (χ4n) is 2.83. The molecule has 3 rings (SSSR count). The van der Waals surface area contributed by atoms with Gasteiger partial charge in [0.05, 0.1) is 6.61 Å². The number of aliphatic hydroxyl groups excluding tert-OH is 1. The lowest BCUT2D eigenvalue weighted by Gasteiger charge is -2.20. The third-order valence-corrected chi connectivity index (χ3v) is 4.41. The van der Waals surface area contributed by atoms with Gasteiger partial charge < -0.3 is 14.4 Å². The first kappa shape index (κ1) is 16.5. The molecule has 1 heterocycles. The van der Waals surface area contributed by atoms with Gasteiger partial charge in [0, 0.05) is 25.1 Å². The van der Waals surface area contributed by atoms with Crippen LogP contribution in [0.3, 0.4) is 0 Å². The highest BCUT2D eigenvalue weighted by atomic mass is 16.3. The number of rotatable bonds is 7. The number of amides is 1. The van der Waals surface area contributed by atoms with Crippen LogP contribution in [-0.2, 0) is 11.3 Å². The average Bonchev–Trinajstić information content (AvgIpc) is 3.14. The van der Waals surface area contributed by atoms with Crippen LogP contribution in [0.2, 0.25) is 0 Å². The van der Waals surface area contributed by atoms with E-state index in [1.54, 1.807) is 11.0 Å². The first-order valence-electron chi connectivity index (χ1n) is 8.39. The smallest absolute Gasteiger partial charge is 0.247 e. The Kier molecular flexibility index (Phi) is 5.16. The van der Waals surface area contributed by atoms with E-state index in [1.165, 1.54) is 12.5 Å². The number of carbonyl (C=O) groups excluding carboxylic acids is 1. The second-order valence-corrected chi connectivity index (χ2v) is 6.36. The van der Waals surface area contributed by atoms with E-state index >= 15 is 0 Å². The van der Waals surface area contributed by atoms with Crippen LogP contribution in [0.4, 0.5) is 0 Å². The molecule has 1 N–H and O–H groups in total. The van der Waals surface area contributed by atoms with Crippen LogP contribution in [0, 0.1) is 5.92 Å². The van der Waals surface area contributed by atoms with Crippen molar-refractivity contribution in [3.05, 3.63) is 65.6 Å². The minimum atomic E-state index is -0.134. The van der Waals surface area contributed by atoms with Gasteiger partial charge in [-0.2, -0.15) is 0 Å². The Bertz CT molecular complexity index is 705. The molecule has 2 atom stereocenters. The van der Waals surface area contributed by atoms with E-state index in [0.717, 1.165) is 11.3 Å². The van der Waals surface area contributed by atoms with Crippen LogP contribution in [0.25, 0.3) is 6.08 Å². The number of carbonyl (C=O) groups is 1.